The summed E-state index contributed by atoms with van der Waals surface area (Å²) in [6, 6.07) is 3.53. The summed E-state index contributed by atoms with van der Waals surface area (Å²) in [6.07, 6.45) is -0.832. The number of Topliss-reactive ketones (excluding diaryl/α,β-unsaturated/α-hetero) is 3. The van der Waals surface area contributed by atoms with Gasteiger partial charge < -0.3 is 24.9 Å². The zero-order valence-electron chi connectivity index (χ0n) is 17.7. The van der Waals surface area contributed by atoms with Gasteiger partial charge in [0.2, 0.25) is 5.78 Å². The zero-order chi connectivity index (χ0) is 23.7. The lowest BCUT2D eigenvalue weighted by Crippen LogP contribution is -2.68. The van der Waals surface area contributed by atoms with Crippen molar-refractivity contribution >= 4 is 26.8 Å². The van der Waals surface area contributed by atoms with E-state index in [0.29, 0.717) is 5.56 Å². The Morgan fingerprint density at radius 1 is 1.22 bits per heavy atom. The Kier molecular flexibility index (Phi) is 5.29. The first-order valence-electron chi connectivity index (χ1n) is 10.0. The summed E-state index contributed by atoms with van der Waals surface area (Å²) in [4.78, 5) is 40.4. The van der Waals surface area contributed by atoms with Crippen molar-refractivity contribution < 1.29 is 39.3 Å². The molecule has 0 bridgehead atoms. The lowest BCUT2D eigenvalue weighted by Gasteiger charge is -2.53. The van der Waals surface area contributed by atoms with Crippen LogP contribution in [0.1, 0.15) is 22.8 Å². The third kappa shape index (κ3) is 2.75. The average Bonchev–Trinajstić information content (AvgIpc) is 2.70. The Labute approximate surface area is 186 Å². The lowest BCUT2D eigenvalue weighted by atomic mass is 9.57. The van der Waals surface area contributed by atoms with Gasteiger partial charge in [0.05, 0.1) is 23.6 Å². The van der Waals surface area contributed by atoms with E-state index in [2.05, 4.69) is 9.47 Å². The number of rotatable bonds is 3. The van der Waals surface area contributed by atoms with E-state index in [1.54, 1.807) is 26.2 Å². The number of fused-ring (bicyclic) bond motifs is 3. The molecule has 6 atom stereocenters. The van der Waals surface area contributed by atoms with Gasteiger partial charge in [0.25, 0.3) is 0 Å². The van der Waals surface area contributed by atoms with Crippen molar-refractivity contribution in [3.8, 4) is 5.75 Å². The highest BCUT2D eigenvalue weighted by atomic mass is 31.0. The number of hydrogen-bond acceptors (Lipinski definition) is 9. The normalized spacial score (nSPS) is 32.1. The number of phenolic OH excluding ortho intramolecular Hbond substituents is 1. The van der Waals surface area contributed by atoms with E-state index in [0.717, 1.165) is 6.92 Å². The van der Waals surface area contributed by atoms with Gasteiger partial charge in [0, 0.05) is 21.0 Å². The van der Waals surface area contributed by atoms with Crippen LogP contribution in [0.15, 0.2) is 40.9 Å². The first-order valence-corrected chi connectivity index (χ1v) is 10.5. The van der Waals surface area contributed by atoms with Crippen LogP contribution in [-0.4, -0.2) is 74.5 Å². The van der Waals surface area contributed by atoms with Gasteiger partial charge in [-0.25, -0.2) is 0 Å². The maximum Gasteiger partial charge on any atom is 0.209 e. The fourth-order valence-corrected chi connectivity index (χ4v) is 5.81. The summed E-state index contributed by atoms with van der Waals surface area (Å²) < 4.78 is 5.61. The predicted molar refractivity (Wildman–Crippen MR) is 115 cm³/mol. The van der Waals surface area contributed by atoms with E-state index in [4.69, 9.17) is 4.52 Å². The molecule has 0 heterocycles. The standard InChI is InChI=1S/C22H24NO8P/c1-8(24)12-18(27)16(23(2)3)15-19(31-32)10-7-9-5-4-6-11(25)13(9)17(26)14(10)21(29)22(15,30)20(12)28/h4-6,10,15-16,19,25,27,29-30H,7,32H2,1-3H3/t10-,15-,16+,19+,22-/m1/s1. The van der Waals surface area contributed by atoms with Crippen molar-refractivity contribution in [3.63, 3.8) is 0 Å². The highest BCUT2D eigenvalue weighted by Crippen LogP contribution is 2.53. The molecule has 10 heteroatoms. The van der Waals surface area contributed by atoms with Crippen molar-refractivity contribution in [1.82, 2.24) is 4.90 Å². The van der Waals surface area contributed by atoms with Crippen LogP contribution in [0, 0.1) is 11.8 Å². The van der Waals surface area contributed by atoms with Gasteiger partial charge in [-0.1, -0.05) is 12.1 Å². The minimum absolute atomic E-state index is 0.0209. The SMILES string of the molecule is CC(=O)C1=C(O)[C@@H](N(C)C)[C@@H]2[C@@H](OP)[C@@H]3Cc4cccc(O)c4C(=O)C3=C(O)[C@]2(O)C1=O. The van der Waals surface area contributed by atoms with Crippen LogP contribution in [0.3, 0.4) is 0 Å². The summed E-state index contributed by atoms with van der Waals surface area (Å²) >= 11 is 0. The molecule has 1 aromatic carbocycles. The molecule has 32 heavy (non-hydrogen) atoms. The molecule has 4 rings (SSSR count). The molecule has 3 aliphatic carbocycles. The topological polar surface area (TPSA) is 145 Å². The number of likely N-dealkylation sites (N-methyl/N-ethyl adjacent to an activating group) is 1. The average molecular weight is 461 g/mol. The molecule has 0 saturated carbocycles. The molecule has 4 N–H and O–H groups in total. The summed E-state index contributed by atoms with van der Waals surface area (Å²) in [5, 5.41) is 44.0. The Balaban J connectivity index is 2.05. The molecule has 0 aromatic heterocycles. The third-order valence-corrected chi connectivity index (χ3v) is 7.09. The van der Waals surface area contributed by atoms with Gasteiger partial charge in [0.1, 0.15) is 22.8 Å². The third-order valence-electron chi connectivity index (χ3n) is 6.78. The van der Waals surface area contributed by atoms with Crippen LogP contribution in [0.5, 0.6) is 5.75 Å². The second-order valence-corrected chi connectivity index (χ2v) is 8.93. The molecular weight excluding hydrogens is 437 g/mol. The molecular formula is C22H24NO8P. The Morgan fingerprint density at radius 2 is 1.88 bits per heavy atom. The Bertz CT molecular complexity index is 1120. The van der Waals surface area contributed by atoms with Crippen LogP contribution >= 0.6 is 9.47 Å². The van der Waals surface area contributed by atoms with Crippen LogP contribution < -0.4 is 0 Å². The minimum atomic E-state index is -2.69. The van der Waals surface area contributed by atoms with Crippen molar-refractivity contribution in [1.29, 1.82) is 0 Å². The fourth-order valence-electron chi connectivity index (χ4n) is 5.45. The number of nitrogens with zero attached hydrogens (tertiary/aromatic N) is 1. The molecule has 0 fully saturated rings. The number of aromatic hydroxyl groups is 1. The van der Waals surface area contributed by atoms with E-state index < -0.39 is 64.0 Å². The van der Waals surface area contributed by atoms with Gasteiger partial charge in [0.15, 0.2) is 17.2 Å². The number of ketones is 3. The molecule has 170 valence electrons. The molecule has 0 radical (unpaired) electrons. The second kappa shape index (κ2) is 7.49. The number of benzene rings is 1. The summed E-state index contributed by atoms with van der Waals surface area (Å²) in [5.74, 6) is -6.41. The van der Waals surface area contributed by atoms with Crippen molar-refractivity contribution in [2.45, 2.75) is 31.1 Å². The number of carbonyl (C=O) groups is 3. The Hall–Kier alpha value is -2.58. The number of hydrogen-bond donors (Lipinski definition) is 4. The van der Waals surface area contributed by atoms with E-state index in [-0.39, 0.29) is 23.3 Å². The summed E-state index contributed by atoms with van der Waals surface area (Å²) in [6.45, 7) is 1.07. The molecule has 0 amide bonds. The van der Waals surface area contributed by atoms with Gasteiger partial charge >= 0.3 is 0 Å². The van der Waals surface area contributed by atoms with Crippen molar-refractivity contribution in [3.05, 3.63) is 52.0 Å². The maximum atomic E-state index is 13.4. The van der Waals surface area contributed by atoms with E-state index >= 15 is 0 Å². The quantitative estimate of drug-likeness (QED) is 0.383. The van der Waals surface area contributed by atoms with E-state index in [1.807, 2.05) is 0 Å². The highest BCUT2D eigenvalue weighted by molar-refractivity contribution is 7.09. The van der Waals surface area contributed by atoms with Crippen molar-refractivity contribution in [2.24, 2.45) is 11.8 Å². The largest absolute Gasteiger partial charge is 0.510 e. The zero-order valence-corrected chi connectivity index (χ0v) is 18.8. The van der Waals surface area contributed by atoms with E-state index in [1.165, 1.54) is 11.0 Å². The first kappa shape index (κ1) is 22.6. The predicted octanol–water partition coefficient (Wildman–Crippen LogP) is 1.01. The van der Waals surface area contributed by atoms with Crippen LogP contribution in [0.4, 0.5) is 0 Å². The number of phenols is 1. The van der Waals surface area contributed by atoms with E-state index in [9.17, 15) is 34.8 Å². The summed E-state index contributed by atoms with van der Waals surface area (Å²) in [7, 11) is 5.24. The molecule has 3 aliphatic rings. The monoisotopic (exact) mass is 461 g/mol. The second-order valence-electron chi connectivity index (χ2n) is 8.66. The molecule has 0 saturated heterocycles. The number of aliphatic hydroxyl groups is 3. The fraction of sp³-hybridized carbons (Fsp3) is 0.409. The van der Waals surface area contributed by atoms with Gasteiger partial charge in [-0.05, 0) is 39.1 Å². The molecule has 1 aromatic rings. The van der Waals surface area contributed by atoms with Gasteiger partial charge in [-0.3, -0.25) is 19.3 Å². The van der Waals surface area contributed by atoms with Gasteiger partial charge in [-0.2, -0.15) is 0 Å². The minimum Gasteiger partial charge on any atom is -0.510 e. The molecule has 0 aliphatic heterocycles. The molecule has 9 nitrogen and oxygen atoms in total. The number of carbonyl (C=O) groups excluding carboxylic acids is 3. The maximum absolute atomic E-state index is 13.4. The number of aliphatic hydroxyl groups excluding tert-OH is 2. The smallest absolute Gasteiger partial charge is 0.209 e. The van der Waals surface area contributed by atoms with Gasteiger partial charge in [-0.15, -0.1) is 0 Å². The van der Waals surface area contributed by atoms with Crippen LogP contribution in [0.2, 0.25) is 0 Å². The molecule has 1 unspecified atom stereocenters. The van der Waals surface area contributed by atoms with Crippen LogP contribution in [-0.2, 0) is 20.5 Å². The first-order chi connectivity index (χ1) is 15.0. The highest BCUT2D eigenvalue weighted by Gasteiger charge is 2.66. The molecule has 0 spiro atoms. The summed E-state index contributed by atoms with van der Waals surface area (Å²) in [5.41, 5.74) is -3.07. The lowest BCUT2D eigenvalue weighted by molar-refractivity contribution is -0.158. The van der Waals surface area contributed by atoms with Crippen molar-refractivity contribution in [2.75, 3.05) is 14.1 Å². The Morgan fingerprint density at radius 3 is 2.44 bits per heavy atom. The van der Waals surface area contributed by atoms with Crippen LogP contribution in [0.25, 0.3) is 0 Å².